The molecule has 542 valence electrons. The number of nitrogens with zero attached hydrogens (tertiary/aromatic N) is 2. The Morgan fingerprint density at radius 3 is 0.753 bits per heavy atom. The van der Waals surface area contributed by atoms with E-state index in [0.29, 0.717) is 0 Å². The van der Waals surface area contributed by atoms with E-state index in [4.69, 9.17) is 0 Å². The zero-order chi connectivity index (χ0) is 66.4. The topological polar surface area (TPSA) is 25.3 Å². The van der Waals surface area contributed by atoms with Gasteiger partial charge in [0.15, 0.2) is 0 Å². The van der Waals surface area contributed by atoms with Crippen LogP contribution in [0.25, 0.3) is 16.9 Å². The maximum Gasteiger partial charge on any atom is 2.00 e. The number of hydrogen-bond donors (Lipinski definition) is 0. The van der Waals surface area contributed by atoms with Gasteiger partial charge < -0.3 is 19.4 Å². The van der Waals surface area contributed by atoms with Gasteiger partial charge in [-0.25, -0.2) is 4.70 Å². The van der Waals surface area contributed by atoms with Crippen LogP contribution in [0.15, 0.2) is 60.2 Å². The molecule has 0 amide bonds. The smallest absolute Gasteiger partial charge is 0.493 e. The Hall–Kier alpha value is -1.99. The summed E-state index contributed by atoms with van der Waals surface area (Å²) in [5.74, 6) is 0. The molecule has 1 aliphatic rings. The summed E-state index contributed by atoms with van der Waals surface area (Å²) in [4.78, 5) is 0. The molecule has 0 atom stereocenters. The van der Waals surface area contributed by atoms with Crippen molar-refractivity contribution >= 4 is 11.4 Å². The maximum absolute atomic E-state index is 11.4. The van der Waals surface area contributed by atoms with Gasteiger partial charge >= 0.3 is 16.5 Å². The Kier molecular flexibility index (Phi) is 72.7. The van der Waals surface area contributed by atoms with Crippen LogP contribution in [-0.2, 0) is 29.3 Å². The van der Waals surface area contributed by atoms with Gasteiger partial charge in [0.05, 0.1) is 0 Å². The van der Waals surface area contributed by atoms with E-state index in [1.54, 1.807) is 0 Å². The molecule has 0 spiro atoms. The molecule has 0 saturated heterocycles. The molecule has 3 rings (SSSR count). The summed E-state index contributed by atoms with van der Waals surface area (Å²) in [5, 5.41) is 0. The fraction of sp³-hybridized carbons (Fsp3) is 0.800. The summed E-state index contributed by atoms with van der Waals surface area (Å²) in [7, 11) is 0. The molecule has 0 aromatic heterocycles. The molecule has 0 aliphatic carbocycles. The van der Waals surface area contributed by atoms with Gasteiger partial charge in [-0.3, -0.25) is 0 Å². The maximum atomic E-state index is 11.4. The third-order valence-electron chi connectivity index (χ3n) is 20.1. The summed E-state index contributed by atoms with van der Waals surface area (Å²) >= 11 is 0. The molecule has 1 aliphatic heterocycles. The standard InChI is InChI=1S/C32H44N2.2C29H59.Ni/c1-4-7-10-11-12-13-20-30-25-31(28-21-14-18-26(23-28)16-8-5-2)34(33)32(30)29-22-15-19-27(24-29)17-9-6-3;2*1-3-5-7-9-11-13-15-17-19-21-23-25-27-29-28-26-24-22-20-18-16-14-12-10-8-6-4-2;/h14-15,18-19,21-25H,4-13,16-17,20H2,1-3H3;2*1,3-29H2,2H3;/q;2*-1;+2. The van der Waals surface area contributed by atoms with Gasteiger partial charge in [0, 0.05) is 22.8 Å². The molecule has 93 heavy (non-hydrogen) atoms. The van der Waals surface area contributed by atoms with E-state index >= 15 is 0 Å². The third-order valence-corrected chi connectivity index (χ3v) is 20.1. The second-order valence-corrected chi connectivity index (χ2v) is 29.2. The van der Waals surface area contributed by atoms with Gasteiger partial charge in [-0.15, -0.1) is 0 Å². The summed E-state index contributed by atoms with van der Waals surface area (Å²) in [6, 6.07) is 17.5. The van der Waals surface area contributed by atoms with Gasteiger partial charge in [-0.2, -0.15) is 12.8 Å². The molecule has 1 heterocycles. The van der Waals surface area contributed by atoms with Gasteiger partial charge in [-0.1, -0.05) is 438 Å². The first-order valence-electron chi connectivity index (χ1n) is 42.2. The molecule has 3 heteroatoms. The number of unbranched alkanes of at least 4 members (excludes halogenated alkanes) is 59. The van der Waals surface area contributed by atoms with Crippen LogP contribution < -0.4 is 0 Å². The molecule has 0 unspecified atom stereocenters. The third kappa shape index (κ3) is 57.6. The number of hydrogen-bond acceptors (Lipinski definition) is 0. The second-order valence-electron chi connectivity index (χ2n) is 29.2. The second kappa shape index (κ2) is 74.2. The van der Waals surface area contributed by atoms with Gasteiger partial charge in [0.25, 0.3) is 0 Å². The molecule has 0 fully saturated rings. The Balaban J connectivity index is 0.00000137. The Morgan fingerprint density at radius 1 is 0.269 bits per heavy atom. The first-order valence-corrected chi connectivity index (χ1v) is 42.2. The SMILES string of the molecule is CCCCCCCCC1=C(c2cccc(CCCC)c2)[N+](=[N-])C(c2cccc(CCCC)c2)=C1.[CH2-]CCCCCCCCCCCCCCCCCCCCCCCCCCCC.[CH2-]CCCCCCCCCCCCCCCCCCCCCCCCCCCC.[Ni+2]. The fourth-order valence-corrected chi connectivity index (χ4v) is 13.9. The van der Waals surface area contributed by atoms with Crippen molar-refractivity contribution in [2.45, 2.75) is 465 Å². The van der Waals surface area contributed by atoms with Gasteiger partial charge in [-0.05, 0) is 73.9 Å². The van der Waals surface area contributed by atoms with Crippen molar-refractivity contribution in [3.63, 3.8) is 0 Å². The molecule has 2 aromatic carbocycles. The molecular weight excluding hydrogens is 1170 g/mol. The van der Waals surface area contributed by atoms with Gasteiger partial charge in [0.1, 0.15) is 0 Å². The minimum absolute atomic E-state index is 0. The van der Waals surface area contributed by atoms with E-state index in [9.17, 15) is 5.53 Å². The average Bonchev–Trinajstić information content (AvgIpc) is 1.65. The summed E-state index contributed by atoms with van der Waals surface area (Å²) in [6.07, 6.45) is 96.5. The fourth-order valence-electron chi connectivity index (χ4n) is 13.9. The largest absolute Gasteiger partial charge is 2.00 e. The Bertz CT molecular complexity index is 1780. The van der Waals surface area contributed by atoms with E-state index in [0.717, 1.165) is 54.6 Å². The molecule has 0 bridgehead atoms. The van der Waals surface area contributed by atoms with Crippen molar-refractivity contribution in [3.05, 3.63) is 102 Å². The quantitative estimate of drug-likeness (QED) is 0.0273. The first-order chi connectivity index (χ1) is 45.5. The predicted molar refractivity (Wildman–Crippen MR) is 418 cm³/mol. The van der Waals surface area contributed by atoms with Crippen LogP contribution >= 0.6 is 0 Å². The zero-order valence-corrected chi connectivity index (χ0v) is 64.7. The Labute approximate surface area is 595 Å². The van der Waals surface area contributed by atoms with Crippen LogP contribution in [0.3, 0.4) is 0 Å². The summed E-state index contributed by atoms with van der Waals surface area (Å²) in [5.41, 5.74) is 19.5. The van der Waals surface area contributed by atoms with E-state index in [1.165, 1.54) is 419 Å². The number of allylic oxidation sites excluding steroid dienone is 2. The number of aryl methyl sites for hydroxylation is 2. The van der Waals surface area contributed by atoms with Crippen LogP contribution in [0.4, 0.5) is 0 Å². The monoisotopic (exact) mass is 1330 g/mol. The van der Waals surface area contributed by atoms with Crippen LogP contribution in [0, 0.1) is 13.8 Å². The molecule has 2 nitrogen and oxygen atoms in total. The number of benzene rings is 2. The van der Waals surface area contributed by atoms with E-state index in [-0.39, 0.29) is 16.5 Å². The molecule has 0 radical (unpaired) electrons. The first kappa shape index (κ1) is 91.0. The van der Waals surface area contributed by atoms with E-state index in [2.05, 4.69) is 103 Å². The van der Waals surface area contributed by atoms with Crippen molar-refractivity contribution in [1.29, 1.82) is 0 Å². The Morgan fingerprint density at radius 2 is 0.495 bits per heavy atom. The predicted octanol–water partition coefficient (Wildman–Crippen LogP) is 32.7. The van der Waals surface area contributed by atoms with Crippen LogP contribution in [0.5, 0.6) is 0 Å². The zero-order valence-electron chi connectivity index (χ0n) is 63.7. The van der Waals surface area contributed by atoms with Gasteiger partial charge in [0.2, 0.25) is 11.4 Å². The van der Waals surface area contributed by atoms with Crippen molar-refractivity contribution < 1.29 is 21.2 Å². The molecule has 2 aromatic rings. The van der Waals surface area contributed by atoms with Crippen molar-refractivity contribution in [3.8, 4) is 0 Å². The summed E-state index contributed by atoms with van der Waals surface area (Å²) in [6.45, 7) is 19.2. The number of rotatable bonds is 67. The van der Waals surface area contributed by atoms with Crippen molar-refractivity contribution in [2.24, 2.45) is 0 Å². The van der Waals surface area contributed by atoms with Crippen molar-refractivity contribution in [2.75, 3.05) is 0 Å². The summed E-state index contributed by atoms with van der Waals surface area (Å²) < 4.78 is 1.46. The average molecular weight is 1330 g/mol. The van der Waals surface area contributed by atoms with Crippen molar-refractivity contribution in [1.82, 2.24) is 0 Å². The normalized spacial score (nSPS) is 12.1. The van der Waals surface area contributed by atoms with Crippen LogP contribution in [-0.4, -0.2) is 4.70 Å². The minimum Gasteiger partial charge on any atom is -0.493 e. The van der Waals surface area contributed by atoms with E-state index < -0.39 is 0 Å². The van der Waals surface area contributed by atoms with Crippen LogP contribution in [0.1, 0.15) is 474 Å². The molecular formula is C90H162N2Ni. The minimum atomic E-state index is 0. The van der Waals surface area contributed by atoms with Crippen LogP contribution in [0.2, 0.25) is 0 Å². The molecule has 0 saturated carbocycles. The molecule has 0 N–H and O–H groups in total. The van der Waals surface area contributed by atoms with E-state index in [1.807, 2.05) is 0 Å².